The van der Waals surface area contributed by atoms with Crippen molar-refractivity contribution in [3.05, 3.63) is 212 Å². The number of hydrogen-bond donors (Lipinski definition) is 0. The van der Waals surface area contributed by atoms with Gasteiger partial charge in [0.15, 0.2) is 0 Å². The summed E-state index contributed by atoms with van der Waals surface area (Å²) in [6.45, 7) is 0. The van der Waals surface area contributed by atoms with E-state index in [1.807, 2.05) is 11.3 Å². The van der Waals surface area contributed by atoms with Crippen molar-refractivity contribution in [2.45, 2.75) is 0 Å². The van der Waals surface area contributed by atoms with Crippen LogP contribution in [0, 0.1) is 0 Å². The average Bonchev–Trinajstić information content (AvgIpc) is 3.64. The maximum absolute atomic E-state index is 2.47. The van der Waals surface area contributed by atoms with Crippen molar-refractivity contribution < 1.29 is 0 Å². The highest BCUT2D eigenvalue weighted by molar-refractivity contribution is 7.26. The molecule has 1 heterocycles. The lowest BCUT2D eigenvalue weighted by Gasteiger charge is -2.28. The molecular weight excluding hydrogens is 671 g/mol. The zero-order valence-corrected chi connectivity index (χ0v) is 30.4. The topological polar surface area (TPSA) is 3.24 Å². The van der Waals surface area contributed by atoms with Gasteiger partial charge in [-0.15, -0.1) is 11.3 Å². The third-order valence-electron chi connectivity index (χ3n) is 10.4. The molecule has 9 aromatic carbocycles. The Labute approximate surface area is 319 Å². The molecule has 0 atom stereocenters. The Balaban J connectivity index is 1.22. The van der Waals surface area contributed by atoms with Crippen molar-refractivity contribution in [1.82, 2.24) is 0 Å². The molecule has 0 bridgehead atoms. The fraction of sp³-hybridized carbons (Fsp3) is 0. The summed E-state index contributed by atoms with van der Waals surface area (Å²) < 4.78 is 2.55. The van der Waals surface area contributed by atoms with Gasteiger partial charge in [-0.25, -0.2) is 0 Å². The highest BCUT2D eigenvalue weighted by atomic mass is 32.1. The fourth-order valence-electron chi connectivity index (χ4n) is 7.77. The standard InChI is InChI=1S/C52H35NS/c1-4-14-36(15-5-1)43-33-49-47-22-12-13-23-51(47)54-52(49)50(34-43)53(44-28-26-38(27-29-44)42-25-24-37-16-10-11-21-41(37)32-42)45-30-31-46(39-17-6-2-7-18-39)48(35-45)40-19-8-3-9-20-40/h1-35H. The second-order valence-electron chi connectivity index (χ2n) is 13.7. The SMILES string of the molecule is c1ccc(-c2cc(N(c3ccc(-c4ccc5ccccc5c4)cc3)c3ccc(-c4ccccc4)c(-c4ccccc4)c3)c3sc4ccccc4c3c2)cc1. The van der Waals surface area contributed by atoms with Crippen LogP contribution in [0.3, 0.4) is 0 Å². The van der Waals surface area contributed by atoms with E-state index in [2.05, 4.69) is 217 Å². The first-order chi connectivity index (χ1) is 26.8. The van der Waals surface area contributed by atoms with Gasteiger partial charge in [0.25, 0.3) is 0 Å². The summed E-state index contributed by atoms with van der Waals surface area (Å²) in [4.78, 5) is 2.47. The fourth-order valence-corrected chi connectivity index (χ4v) is 8.96. The summed E-state index contributed by atoms with van der Waals surface area (Å²) in [5.74, 6) is 0. The second kappa shape index (κ2) is 13.7. The van der Waals surface area contributed by atoms with E-state index in [4.69, 9.17) is 0 Å². The Morgan fingerprint density at radius 1 is 0.315 bits per heavy atom. The van der Waals surface area contributed by atoms with Crippen LogP contribution in [0.15, 0.2) is 212 Å². The van der Waals surface area contributed by atoms with Crippen LogP contribution >= 0.6 is 11.3 Å². The van der Waals surface area contributed by atoms with Gasteiger partial charge in [-0.1, -0.05) is 164 Å². The van der Waals surface area contributed by atoms with Crippen molar-refractivity contribution in [3.8, 4) is 44.5 Å². The highest BCUT2D eigenvalue weighted by Crippen LogP contribution is 2.48. The average molecular weight is 706 g/mol. The first-order valence-electron chi connectivity index (χ1n) is 18.4. The van der Waals surface area contributed by atoms with Crippen molar-refractivity contribution in [1.29, 1.82) is 0 Å². The van der Waals surface area contributed by atoms with Crippen LogP contribution in [0.5, 0.6) is 0 Å². The van der Waals surface area contributed by atoms with Gasteiger partial charge in [0.05, 0.1) is 10.4 Å². The molecule has 0 radical (unpaired) electrons. The van der Waals surface area contributed by atoms with Crippen molar-refractivity contribution >= 4 is 59.3 Å². The Bertz CT molecular complexity index is 2910. The molecular formula is C52H35NS. The first-order valence-corrected chi connectivity index (χ1v) is 19.2. The second-order valence-corrected chi connectivity index (χ2v) is 14.8. The third-order valence-corrected chi connectivity index (χ3v) is 11.7. The van der Waals surface area contributed by atoms with Gasteiger partial charge < -0.3 is 4.90 Å². The zero-order valence-electron chi connectivity index (χ0n) is 29.6. The summed E-state index contributed by atoms with van der Waals surface area (Å²) >= 11 is 1.87. The van der Waals surface area contributed by atoms with E-state index in [9.17, 15) is 0 Å². The van der Waals surface area contributed by atoms with Crippen molar-refractivity contribution in [2.75, 3.05) is 4.90 Å². The van der Waals surface area contributed by atoms with Gasteiger partial charge in [0.2, 0.25) is 0 Å². The van der Waals surface area contributed by atoms with Crippen LogP contribution in [0.1, 0.15) is 0 Å². The van der Waals surface area contributed by atoms with E-state index in [0.717, 1.165) is 17.1 Å². The maximum atomic E-state index is 2.47. The largest absolute Gasteiger partial charge is 0.309 e. The van der Waals surface area contributed by atoms with Gasteiger partial charge in [0, 0.05) is 26.8 Å². The quantitative estimate of drug-likeness (QED) is 0.160. The smallest absolute Gasteiger partial charge is 0.0646 e. The number of nitrogens with zero attached hydrogens (tertiary/aromatic N) is 1. The maximum Gasteiger partial charge on any atom is 0.0646 e. The molecule has 1 aromatic heterocycles. The van der Waals surface area contributed by atoms with Crippen molar-refractivity contribution in [3.63, 3.8) is 0 Å². The zero-order chi connectivity index (χ0) is 35.8. The molecule has 0 aliphatic carbocycles. The van der Waals surface area contributed by atoms with Gasteiger partial charge in [-0.2, -0.15) is 0 Å². The van der Waals surface area contributed by atoms with Crippen LogP contribution in [0.2, 0.25) is 0 Å². The summed E-state index contributed by atoms with van der Waals surface area (Å²) in [5, 5.41) is 5.06. The van der Waals surface area contributed by atoms with Crippen LogP contribution < -0.4 is 4.90 Å². The molecule has 0 unspecified atom stereocenters. The van der Waals surface area contributed by atoms with Crippen LogP contribution in [0.4, 0.5) is 17.1 Å². The minimum atomic E-state index is 1.11. The van der Waals surface area contributed by atoms with Gasteiger partial charge >= 0.3 is 0 Å². The van der Waals surface area contributed by atoms with Gasteiger partial charge in [0.1, 0.15) is 0 Å². The molecule has 54 heavy (non-hydrogen) atoms. The van der Waals surface area contributed by atoms with Gasteiger partial charge in [-0.05, 0) is 104 Å². The highest BCUT2D eigenvalue weighted by Gasteiger charge is 2.22. The van der Waals surface area contributed by atoms with Crippen molar-refractivity contribution in [2.24, 2.45) is 0 Å². The number of hydrogen-bond acceptors (Lipinski definition) is 2. The minimum Gasteiger partial charge on any atom is -0.309 e. The lowest BCUT2D eigenvalue weighted by atomic mass is 9.93. The van der Waals surface area contributed by atoms with E-state index in [0.29, 0.717) is 0 Å². The summed E-state index contributed by atoms with van der Waals surface area (Å²) in [5.41, 5.74) is 13.0. The summed E-state index contributed by atoms with van der Waals surface area (Å²) in [6.07, 6.45) is 0. The normalized spacial score (nSPS) is 11.3. The lowest BCUT2D eigenvalue weighted by Crippen LogP contribution is -2.11. The molecule has 0 aliphatic heterocycles. The summed E-state index contributed by atoms with van der Waals surface area (Å²) in [6, 6.07) is 77.2. The Morgan fingerprint density at radius 2 is 0.889 bits per heavy atom. The lowest BCUT2D eigenvalue weighted by molar-refractivity contribution is 1.30. The molecule has 10 aromatic rings. The van der Waals surface area contributed by atoms with E-state index >= 15 is 0 Å². The first kappa shape index (κ1) is 32.0. The monoisotopic (exact) mass is 705 g/mol. The molecule has 0 aliphatic rings. The molecule has 0 spiro atoms. The van der Waals surface area contributed by atoms with Crippen LogP contribution in [0.25, 0.3) is 75.5 Å². The molecule has 0 fully saturated rings. The number of benzene rings is 9. The number of rotatable bonds is 7. The Hall–Kier alpha value is -6.74. The van der Waals surface area contributed by atoms with Gasteiger partial charge in [-0.3, -0.25) is 0 Å². The number of fused-ring (bicyclic) bond motifs is 4. The summed E-state index contributed by atoms with van der Waals surface area (Å²) in [7, 11) is 0. The van der Waals surface area contributed by atoms with Crippen LogP contribution in [-0.2, 0) is 0 Å². The molecule has 1 nitrogen and oxygen atoms in total. The van der Waals surface area contributed by atoms with Crippen LogP contribution in [-0.4, -0.2) is 0 Å². The Morgan fingerprint density at radius 3 is 1.63 bits per heavy atom. The molecule has 0 saturated carbocycles. The molecule has 254 valence electrons. The molecule has 0 saturated heterocycles. The van der Waals surface area contributed by atoms with E-state index in [1.165, 1.54) is 75.5 Å². The predicted molar refractivity (Wildman–Crippen MR) is 233 cm³/mol. The molecule has 10 rings (SSSR count). The number of thiophene rings is 1. The third kappa shape index (κ3) is 5.84. The van der Waals surface area contributed by atoms with E-state index in [-0.39, 0.29) is 0 Å². The molecule has 2 heteroatoms. The molecule has 0 amide bonds. The predicted octanol–water partition coefficient (Wildman–Crippen LogP) is 15.3. The Kier molecular flexibility index (Phi) is 8.09. The minimum absolute atomic E-state index is 1.11. The number of anilines is 3. The van der Waals surface area contributed by atoms with E-state index < -0.39 is 0 Å². The van der Waals surface area contributed by atoms with E-state index in [1.54, 1.807) is 0 Å². The molecule has 0 N–H and O–H groups in total.